The van der Waals surface area contributed by atoms with E-state index < -0.39 is 0 Å². The minimum absolute atomic E-state index is 0.274. The van der Waals surface area contributed by atoms with Gasteiger partial charge in [-0.05, 0) is 120 Å². The molecule has 2 saturated carbocycles. The number of hydrogen-bond acceptors (Lipinski definition) is 0. The zero-order chi connectivity index (χ0) is 29.1. The van der Waals surface area contributed by atoms with Crippen molar-refractivity contribution >= 4 is 31.9 Å². The second-order valence-corrected chi connectivity index (χ2v) is 18.8. The Morgan fingerprint density at radius 3 is 1.32 bits per heavy atom. The number of halogens is 2. The lowest BCUT2D eigenvalue weighted by atomic mass is 9.55. The van der Waals surface area contributed by atoms with Gasteiger partial charge in [-0.3, -0.25) is 0 Å². The summed E-state index contributed by atoms with van der Waals surface area (Å²) in [7, 11) is 0. The maximum absolute atomic E-state index is 3.91. The third kappa shape index (κ3) is 6.06. The van der Waals surface area contributed by atoms with Crippen molar-refractivity contribution in [3.8, 4) is 11.1 Å². The molecule has 0 spiro atoms. The summed E-state index contributed by atoms with van der Waals surface area (Å²) in [4.78, 5) is 0. The van der Waals surface area contributed by atoms with Crippen LogP contribution < -0.4 is 0 Å². The van der Waals surface area contributed by atoms with Crippen LogP contribution in [-0.2, 0) is 10.8 Å². The first-order valence-corrected chi connectivity index (χ1v) is 17.8. The molecule has 0 saturated heterocycles. The highest BCUT2D eigenvalue weighted by atomic mass is 79.9. The molecule has 0 N–H and O–H groups in total. The average Bonchev–Trinajstić information content (AvgIpc) is 3.31. The quantitative estimate of drug-likeness (QED) is 0.262. The van der Waals surface area contributed by atoms with Gasteiger partial charge >= 0.3 is 0 Å². The van der Waals surface area contributed by atoms with Gasteiger partial charge in [-0.2, -0.15) is 0 Å². The number of hydrogen-bond donors (Lipinski definition) is 0. The van der Waals surface area contributed by atoms with E-state index in [9.17, 15) is 0 Å². The van der Waals surface area contributed by atoms with E-state index in [1.54, 1.807) is 11.1 Å². The minimum atomic E-state index is 0.274. The molecule has 5 rings (SSSR count). The van der Waals surface area contributed by atoms with Crippen molar-refractivity contribution in [2.24, 2.45) is 34.5 Å². The minimum Gasteiger partial charge on any atom is -0.0625 e. The maximum atomic E-state index is 3.91. The first kappa shape index (κ1) is 30.8. The Hall–Kier alpha value is -0.600. The van der Waals surface area contributed by atoms with E-state index in [0.29, 0.717) is 10.8 Å². The van der Waals surface area contributed by atoms with E-state index in [-0.39, 0.29) is 10.8 Å². The van der Waals surface area contributed by atoms with Crippen LogP contribution in [0.1, 0.15) is 131 Å². The summed E-state index contributed by atoms with van der Waals surface area (Å²) in [6.45, 7) is 19.4. The molecule has 2 atom stereocenters. The van der Waals surface area contributed by atoms with Crippen molar-refractivity contribution in [1.29, 1.82) is 0 Å². The van der Waals surface area contributed by atoms with Crippen LogP contribution in [0, 0.1) is 34.5 Å². The summed E-state index contributed by atoms with van der Waals surface area (Å²) in [5.74, 6) is 3.25. The summed E-state index contributed by atoms with van der Waals surface area (Å²) in [6, 6.07) is 14.4. The fraction of sp³-hybridized carbons (Fsp3) is 0.684. The van der Waals surface area contributed by atoms with Crippen LogP contribution in [0.25, 0.3) is 11.1 Å². The number of rotatable bonds is 8. The Labute approximate surface area is 263 Å². The molecule has 0 bridgehead atoms. The van der Waals surface area contributed by atoms with Gasteiger partial charge in [0, 0.05) is 19.8 Å². The van der Waals surface area contributed by atoms with Crippen LogP contribution in [0.5, 0.6) is 0 Å². The highest BCUT2D eigenvalue weighted by Gasteiger charge is 2.66. The van der Waals surface area contributed by atoms with Crippen molar-refractivity contribution in [1.82, 2.24) is 0 Å². The Morgan fingerprint density at radius 1 is 0.650 bits per heavy atom. The van der Waals surface area contributed by atoms with Gasteiger partial charge < -0.3 is 0 Å². The molecule has 40 heavy (non-hydrogen) atoms. The second-order valence-electron chi connectivity index (χ2n) is 17.0. The predicted molar refractivity (Wildman–Crippen MR) is 181 cm³/mol. The average molecular weight is 671 g/mol. The summed E-state index contributed by atoms with van der Waals surface area (Å²) < 4.78 is 2.50. The van der Waals surface area contributed by atoms with Crippen molar-refractivity contribution in [3.63, 3.8) is 0 Å². The molecule has 0 aliphatic heterocycles. The van der Waals surface area contributed by atoms with E-state index in [4.69, 9.17) is 0 Å². The normalized spacial score (nSPS) is 28.9. The third-order valence-corrected chi connectivity index (χ3v) is 11.8. The van der Waals surface area contributed by atoms with Crippen LogP contribution in [0.4, 0.5) is 0 Å². The Bertz CT molecular complexity index is 1100. The van der Waals surface area contributed by atoms with Crippen LogP contribution in [-0.4, -0.2) is 0 Å². The van der Waals surface area contributed by atoms with Gasteiger partial charge in [0.25, 0.3) is 0 Å². The van der Waals surface area contributed by atoms with Crippen molar-refractivity contribution in [3.05, 3.63) is 56.5 Å². The fourth-order valence-electron chi connectivity index (χ4n) is 10.1. The molecule has 0 radical (unpaired) electrons. The van der Waals surface area contributed by atoms with E-state index in [0.717, 1.165) is 23.7 Å². The lowest BCUT2D eigenvalue weighted by Gasteiger charge is -2.47. The molecule has 3 aliphatic carbocycles. The smallest absolute Gasteiger partial charge is 0.0178 e. The van der Waals surface area contributed by atoms with E-state index in [1.165, 1.54) is 84.3 Å². The largest absolute Gasteiger partial charge is 0.0625 e. The van der Waals surface area contributed by atoms with Crippen molar-refractivity contribution in [2.45, 2.75) is 130 Å². The zero-order valence-electron chi connectivity index (χ0n) is 26.6. The second kappa shape index (κ2) is 11.2. The molecule has 2 aromatic rings. The lowest BCUT2D eigenvalue weighted by Crippen LogP contribution is -2.43. The molecule has 2 heteroatoms. The molecule has 2 aromatic carbocycles. The summed E-state index contributed by atoms with van der Waals surface area (Å²) in [5.41, 5.74) is 7.72. The van der Waals surface area contributed by atoms with Gasteiger partial charge in [-0.1, -0.05) is 125 Å². The Kier molecular flexibility index (Phi) is 8.60. The molecule has 0 nitrogen and oxygen atoms in total. The molecule has 0 aromatic heterocycles. The molecule has 220 valence electrons. The standard InChI is InChI=1S/C38H54Br2/c1-25(19-35(3,4)5)9-11-27-21-37-23-28(12-10-26(2)20-36(6,7)8)24-38(37,22-27)34-18-30(40)14-16-32(34)31-15-13-29(39)17-33(31)37/h13-18,25-28H,9-12,19-24H2,1-8H3. The Morgan fingerprint density at radius 2 is 1.00 bits per heavy atom. The van der Waals surface area contributed by atoms with E-state index >= 15 is 0 Å². The number of fused-ring (bicyclic) bond motifs is 3. The summed E-state index contributed by atoms with van der Waals surface area (Å²) in [6.07, 6.45) is 13.7. The molecule has 0 heterocycles. The van der Waals surface area contributed by atoms with Gasteiger partial charge in [0.2, 0.25) is 0 Å². The SMILES string of the molecule is CC(CCC1CC23CC(CCC(C)CC(C)(C)C)CC2(C1)c1cc(Br)ccc1-c1ccc(Br)cc13)CC(C)(C)C. The number of benzene rings is 2. The highest BCUT2D eigenvalue weighted by molar-refractivity contribution is 9.10. The van der Waals surface area contributed by atoms with Crippen LogP contribution in [0.2, 0.25) is 0 Å². The molecule has 2 unspecified atom stereocenters. The first-order chi connectivity index (χ1) is 18.6. The monoisotopic (exact) mass is 668 g/mol. The highest BCUT2D eigenvalue weighted by Crippen LogP contribution is 2.72. The first-order valence-electron chi connectivity index (χ1n) is 16.2. The molecular formula is C38H54Br2. The van der Waals surface area contributed by atoms with Gasteiger partial charge in [-0.25, -0.2) is 0 Å². The third-order valence-electron chi connectivity index (χ3n) is 10.8. The molecule has 0 amide bonds. The maximum Gasteiger partial charge on any atom is 0.0178 e. The summed E-state index contributed by atoms with van der Waals surface area (Å²) >= 11 is 7.82. The van der Waals surface area contributed by atoms with Gasteiger partial charge in [0.1, 0.15) is 0 Å². The van der Waals surface area contributed by atoms with E-state index in [1.807, 2.05) is 0 Å². The lowest BCUT2D eigenvalue weighted by molar-refractivity contribution is 0.267. The zero-order valence-corrected chi connectivity index (χ0v) is 29.8. The van der Waals surface area contributed by atoms with Crippen LogP contribution in [0.15, 0.2) is 45.3 Å². The molecule has 2 fully saturated rings. The van der Waals surface area contributed by atoms with Gasteiger partial charge in [0.15, 0.2) is 0 Å². The van der Waals surface area contributed by atoms with Crippen molar-refractivity contribution in [2.75, 3.05) is 0 Å². The summed E-state index contributed by atoms with van der Waals surface area (Å²) in [5, 5.41) is 0. The fourth-order valence-corrected chi connectivity index (χ4v) is 10.8. The predicted octanol–water partition coefficient (Wildman–Crippen LogP) is 12.9. The molecular weight excluding hydrogens is 616 g/mol. The van der Waals surface area contributed by atoms with Gasteiger partial charge in [0.05, 0.1) is 0 Å². The molecule has 3 aliphatic rings. The van der Waals surface area contributed by atoms with Gasteiger partial charge in [-0.15, -0.1) is 0 Å². The van der Waals surface area contributed by atoms with Crippen LogP contribution >= 0.6 is 31.9 Å². The Balaban J connectivity index is 1.50. The van der Waals surface area contributed by atoms with Crippen molar-refractivity contribution < 1.29 is 0 Å². The van der Waals surface area contributed by atoms with E-state index in [2.05, 4.69) is 124 Å². The topological polar surface area (TPSA) is 0 Å². The van der Waals surface area contributed by atoms with Crippen LogP contribution in [0.3, 0.4) is 0 Å².